The Morgan fingerprint density at radius 1 is 1.06 bits per heavy atom. The summed E-state index contributed by atoms with van der Waals surface area (Å²) in [5, 5.41) is 3.62. The average Bonchev–Trinajstić information content (AvgIpc) is 2.30. The summed E-state index contributed by atoms with van der Waals surface area (Å²) in [5.74, 6) is 0. The molecule has 92 valence electrons. The molecule has 1 atom stereocenters. The van der Waals surface area contributed by atoms with E-state index in [0.717, 1.165) is 0 Å². The van der Waals surface area contributed by atoms with E-state index in [1.807, 2.05) is 0 Å². The van der Waals surface area contributed by atoms with Gasteiger partial charge in [-0.15, -0.1) is 0 Å². The molecule has 1 N–H and O–H groups in total. The van der Waals surface area contributed by atoms with Gasteiger partial charge in [-0.1, -0.05) is 61.2 Å². The molecule has 1 fully saturated rings. The Bertz CT molecular complexity index is 342. The number of hydrogen-bond donors (Lipinski definition) is 1. The van der Waals surface area contributed by atoms with Gasteiger partial charge in [0.2, 0.25) is 0 Å². The smallest absolute Gasteiger partial charge is 0.0253 e. The second-order valence-electron chi connectivity index (χ2n) is 5.03. The number of benzene rings is 1. The SMILES string of the molecule is Cc1ccc(/C=C/C2CCCCCCN2)cc1. The molecule has 1 heteroatoms. The minimum absolute atomic E-state index is 0.566. The van der Waals surface area contributed by atoms with Crippen LogP contribution in [-0.2, 0) is 0 Å². The summed E-state index contributed by atoms with van der Waals surface area (Å²) < 4.78 is 0. The highest BCUT2D eigenvalue weighted by molar-refractivity contribution is 5.50. The van der Waals surface area contributed by atoms with Crippen LogP contribution in [0.25, 0.3) is 6.08 Å². The topological polar surface area (TPSA) is 12.0 Å². The summed E-state index contributed by atoms with van der Waals surface area (Å²) in [6.07, 6.45) is 11.3. The molecule has 0 bridgehead atoms. The van der Waals surface area contributed by atoms with Crippen molar-refractivity contribution >= 4 is 6.08 Å². The fourth-order valence-corrected chi connectivity index (χ4v) is 2.30. The van der Waals surface area contributed by atoms with Crippen LogP contribution in [0.15, 0.2) is 30.3 Å². The zero-order chi connectivity index (χ0) is 11.9. The van der Waals surface area contributed by atoms with Crippen LogP contribution >= 0.6 is 0 Å². The van der Waals surface area contributed by atoms with Crippen molar-refractivity contribution in [2.24, 2.45) is 0 Å². The van der Waals surface area contributed by atoms with Crippen molar-refractivity contribution in [3.05, 3.63) is 41.5 Å². The first-order chi connectivity index (χ1) is 8.34. The summed E-state index contributed by atoms with van der Waals surface area (Å²) >= 11 is 0. The van der Waals surface area contributed by atoms with Gasteiger partial charge >= 0.3 is 0 Å². The van der Waals surface area contributed by atoms with Crippen LogP contribution in [0.5, 0.6) is 0 Å². The van der Waals surface area contributed by atoms with E-state index in [4.69, 9.17) is 0 Å². The molecule has 0 saturated carbocycles. The van der Waals surface area contributed by atoms with Crippen molar-refractivity contribution in [2.75, 3.05) is 6.54 Å². The van der Waals surface area contributed by atoms with Gasteiger partial charge in [0.1, 0.15) is 0 Å². The van der Waals surface area contributed by atoms with Crippen molar-refractivity contribution in [2.45, 2.75) is 45.1 Å². The molecule has 17 heavy (non-hydrogen) atoms. The predicted molar refractivity (Wildman–Crippen MR) is 75.1 cm³/mol. The highest BCUT2D eigenvalue weighted by Crippen LogP contribution is 2.12. The molecule has 1 aliphatic rings. The molecule has 1 saturated heterocycles. The van der Waals surface area contributed by atoms with E-state index in [1.165, 1.54) is 49.8 Å². The number of nitrogens with one attached hydrogen (secondary N) is 1. The molecule has 0 aliphatic carbocycles. The van der Waals surface area contributed by atoms with E-state index in [2.05, 4.69) is 48.7 Å². The lowest BCUT2D eigenvalue weighted by Gasteiger charge is -2.18. The van der Waals surface area contributed by atoms with Crippen molar-refractivity contribution in [1.82, 2.24) is 5.32 Å². The molecule has 1 heterocycles. The number of aryl methyl sites for hydroxylation is 1. The third-order valence-corrected chi connectivity index (χ3v) is 3.45. The molecular weight excluding hydrogens is 206 g/mol. The molecule has 1 unspecified atom stereocenters. The van der Waals surface area contributed by atoms with Gasteiger partial charge in [-0.2, -0.15) is 0 Å². The Morgan fingerprint density at radius 2 is 1.82 bits per heavy atom. The van der Waals surface area contributed by atoms with Gasteiger partial charge in [-0.3, -0.25) is 0 Å². The van der Waals surface area contributed by atoms with Crippen LogP contribution in [0.3, 0.4) is 0 Å². The van der Waals surface area contributed by atoms with E-state index in [9.17, 15) is 0 Å². The summed E-state index contributed by atoms with van der Waals surface area (Å²) in [5.41, 5.74) is 2.63. The minimum atomic E-state index is 0.566. The first-order valence-electron chi connectivity index (χ1n) is 6.83. The zero-order valence-electron chi connectivity index (χ0n) is 10.8. The van der Waals surface area contributed by atoms with Gasteiger partial charge in [0, 0.05) is 6.04 Å². The molecule has 1 aromatic rings. The van der Waals surface area contributed by atoms with Crippen LogP contribution in [0.2, 0.25) is 0 Å². The van der Waals surface area contributed by atoms with Gasteiger partial charge in [0.05, 0.1) is 0 Å². The van der Waals surface area contributed by atoms with Crippen LogP contribution in [-0.4, -0.2) is 12.6 Å². The van der Waals surface area contributed by atoms with Crippen LogP contribution in [0, 0.1) is 6.92 Å². The molecule has 1 nitrogen and oxygen atoms in total. The van der Waals surface area contributed by atoms with E-state index in [0.29, 0.717) is 6.04 Å². The minimum Gasteiger partial charge on any atom is -0.311 e. The summed E-state index contributed by atoms with van der Waals surface area (Å²) in [7, 11) is 0. The lowest BCUT2D eigenvalue weighted by molar-refractivity contribution is 0.465. The van der Waals surface area contributed by atoms with Crippen molar-refractivity contribution < 1.29 is 0 Å². The van der Waals surface area contributed by atoms with Crippen LogP contribution < -0.4 is 5.32 Å². The quantitative estimate of drug-likeness (QED) is 0.810. The maximum atomic E-state index is 3.62. The summed E-state index contributed by atoms with van der Waals surface area (Å²) in [4.78, 5) is 0. The largest absolute Gasteiger partial charge is 0.311 e. The van der Waals surface area contributed by atoms with E-state index >= 15 is 0 Å². The Labute approximate surface area is 105 Å². The van der Waals surface area contributed by atoms with Crippen molar-refractivity contribution in [3.63, 3.8) is 0 Å². The van der Waals surface area contributed by atoms with Gasteiger partial charge < -0.3 is 5.32 Å². The van der Waals surface area contributed by atoms with E-state index in [-0.39, 0.29) is 0 Å². The third-order valence-electron chi connectivity index (χ3n) is 3.45. The molecule has 0 amide bonds. The standard InChI is InChI=1S/C16H23N/c1-14-7-9-15(10-8-14)11-12-16-6-4-2-3-5-13-17-16/h7-12,16-17H,2-6,13H2,1H3/b12-11+. The van der Waals surface area contributed by atoms with E-state index in [1.54, 1.807) is 0 Å². The first-order valence-corrected chi connectivity index (χ1v) is 6.83. The lowest BCUT2D eigenvalue weighted by Crippen LogP contribution is -2.29. The highest BCUT2D eigenvalue weighted by Gasteiger charge is 2.06. The second-order valence-corrected chi connectivity index (χ2v) is 5.03. The first kappa shape index (κ1) is 12.4. The molecular formula is C16H23N. The number of rotatable bonds is 2. The normalized spacial score (nSPS) is 22.3. The molecule has 2 rings (SSSR count). The maximum Gasteiger partial charge on any atom is 0.0253 e. The lowest BCUT2D eigenvalue weighted by atomic mass is 10.0. The van der Waals surface area contributed by atoms with Gasteiger partial charge in [0.15, 0.2) is 0 Å². The molecule has 1 aromatic carbocycles. The Hall–Kier alpha value is -1.08. The molecule has 0 radical (unpaired) electrons. The van der Waals surface area contributed by atoms with Gasteiger partial charge in [0.25, 0.3) is 0 Å². The molecule has 0 spiro atoms. The molecule has 0 aromatic heterocycles. The Kier molecular flexibility index (Phi) is 4.81. The highest BCUT2D eigenvalue weighted by atomic mass is 14.9. The van der Waals surface area contributed by atoms with Crippen molar-refractivity contribution in [3.8, 4) is 0 Å². The summed E-state index contributed by atoms with van der Waals surface area (Å²) in [6.45, 7) is 3.30. The maximum absolute atomic E-state index is 3.62. The fraction of sp³-hybridized carbons (Fsp3) is 0.500. The van der Waals surface area contributed by atoms with E-state index < -0.39 is 0 Å². The molecule has 1 aliphatic heterocycles. The van der Waals surface area contributed by atoms with Gasteiger partial charge in [-0.25, -0.2) is 0 Å². The van der Waals surface area contributed by atoms with Crippen LogP contribution in [0.4, 0.5) is 0 Å². The van der Waals surface area contributed by atoms with Crippen LogP contribution in [0.1, 0.15) is 43.2 Å². The average molecular weight is 229 g/mol. The zero-order valence-corrected chi connectivity index (χ0v) is 10.8. The number of hydrogen-bond acceptors (Lipinski definition) is 1. The second kappa shape index (κ2) is 6.61. The predicted octanol–water partition coefficient (Wildman–Crippen LogP) is 3.93. The van der Waals surface area contributed by atoms with Gasteiger partial charge in [-0.05, 0) is 31.9 Å². The summed E-state index contributed by atoms with van der Waals surface area (Å²) in [6, 6.07) is 9.29. The monoisotopic (exact) mass is 229 g/mol. The Balaban J connectivity index is 1.91. The third kappa shape index (κ3) is 4.35. The fourth-order valence-electron chi connectivity index (χ4n) is 2.30. The Morgan fingerprint density at radius 3 is 2.65 bits per heavy atom. The van der Waals surface area contributed by atoms with Crippen molar-refractivity contribution in [1.29, 1.82) is 0 Å².